The maximum Gasteiger partial charge on any atom is 0.253 e. The number of rotatable bonds is 4. The van der Waals surface area contributed by atoms with Crippen molar-refractivity contribution in [2.45, 2.75) is 6.54 Å². The molecule has 0 spiro atoms. The van der Waals surface area contributed by atoms with Gasteiger partial charge in [-0.2, -0.15) is 11.8 Å². The van der Waals surface area contributed by atoms with Crippen molar-refractivity contribution < 1.29 is 4.79 Å². The maximum absolute atomic E-state index is 12.7. The highest BCUT2D eigenvalue weighted by atomic mass is 32.2. The van der Waals surface area contributed by atoms with Gasteiger partial charge >= 0.3 is 0 Å². The molecule has 1 fully saturated rings. The van der Waals surface area contributed by atoms with Gasteiger partial charge in [0.1, 0.15) is 0 Å². The zero-order valence-corrected chi connectivity index (χ0v) is 15.7. The molecule has 1 saturated heterocycles. The minimum atomic E-state index is -0.0979. The van der Waals surface area contributed by atoms with Crippen molar-refractivity contribution >= 4 is 34.3 Å². The van der Waals surface area contributed by atoms with Gasteiger partial charge in [0, 0.05) is 53.5 Å². The number of amides is 1. The van der Waals surface area contributed by atoms with Gasteiger partial charge in [0.2, 0.25) is 0 Å². The van der Waals surface area contributed by atoms with E-state index >= 15 is 0 Å². The number of fused-ring (bicyclic) bond motifs is 1. The van der Waals surface area contributed by atoms with Crippen LogP contribution in [0.5, 0.6) is 0 Å². The number of carbonyl (C=O) groups excluding carboxylic acids is 1. The number of aromatic amines is 1. The van der Waals surface area contributed by atoms with E-state index in [1.165, 1.54) is 0 Å². The van der Waals surface area contributed by atoms with Crippen LogP contribution >= 0.6 is 11.8 Å². The highest BCUT2D eigenvalue weighted by Gasteiger charge is 2.18. The molecule has 0 atom stereocenters. The van der Waals surface area contributed by atoms with E-state index in [0.29, 0.717) is 17.7 Å². The zero-order valence-electron chi connectivity index (χ0n) is 14.9. The van der Waals surface area contributed by atoms with Gasteiger partial charge in [-0.25, -0.2) is 0 Å². The Balaban J connectivity index is 1.49. The number of pyridine rings is 1. The molecular formula is C21H21N3O2S. The number of thioether (sulfide) groups is 1. The molecule has 27 heavy (non-hydrogen) atoms. The number of aromatic nitrogens is 1. The largest absolute Gasteiger partial charge is 0.381 e. The topological polar surface area (TPSA) is 65.2 Å². The molecule has 0 saturated carbocycles. The lowest BCUT2D eigenvalue weighted by Gasteiger charge is -2.26. The summed E-state index contributed by atoms with van der Waals surface area (Å²) in [7, 11) is 0. The van der Waals surface area contributed by atoms with Crippen LogP contribution in [0.3, 0.4) is 0 Å². The minimum Gasteiger partial charge on any atom is -0.381 e. The third kappa shape index (κ3) is 4.01. The van der Waals surface area contributed by atoms with Gasteiger partial charge in [0.25, 0.3) is 11.5 Å². The quantitative estimate of drug-likeness (QED) is 0.730. The number of carbonyl (C=O) groups is 1. The van der Waals surface area contributed by atoms with Crippen LogP contribution in [-0.2, 0) is 6.54 Å². The molecule has 2 aromatic carbocycles. The number of nitrogens with one attached hydrogen (secondary N) is 2. The molecule has 2 N–H and O–H groups in total. The molecule has 0 bridgehead atoms. The standard InChI is InChI=1S/C21H21N3O2S/c25-20-17(12-15-4-1-2-7-19(15)23-20)14-22-18-6-3-5-16(13-18)21(26)24-8-10-27-11-9-24/h1-7,12-13,22H,8-11,14H2,(H,23,25). The smallest absolute Gasteiger partial charge is 0.253 e. The average molecular weight is 379 g/mol. The molecule has 3 aromatic rings. The fourth-order valence-electron chi connectivity index (χ4n) is 3.23. The van der Waals surface area contributed by atoms with Crippen molar-refractivity contribution in [2.75, 3.05) is 29.9 Å². The van der Waals surface area contributed by atoms with Gasteiger partial charge in [0.05, 0.1) is 0 Å². The van der Waals surface area contributed by atoms with Crippen LogP contribution in [0.2, 0.25) is 0 Å². The van der Waals surface area contributed by atoms with Crippen molar-refractivity contribution in [3.63, 3.8) is 0 Å². The monoisotopic (exact) mass is 379 g/mol. The van der Waals surface area contributed by atoms with Crippen LogP contribution in [0.4, 0.5) is 5.69 Å². The molecule has 6 heteroatoms. The molecule has 2 heterocycles. The Morgan fingerprint density at radius 1 is 1.07 bits per heavy atom. The Kier molecular flexibility index (Phi) is 5.16. The van der Waals surface area contributed by atoms with Crippen LogP contribution in [0.15, 0.2) is 59.4 Å². The summed E-state index contributed by atoms with van der Waals surface area (Å²) in [4.78, 5) is 29.8. The van der Waals surface area contributed by atoms with Gasteiger partial charge in [-0.1, -0.05) is 24.3 Å². The SMILES string of the molecule is O=C(c1cccc(NCc2cc3ccccc3[nH]c2=O)c1)N1CCSCC1. The number of para-hydroxylation sites is 1. The van der Waals surface area contributed by atoms with E-state index in [0.717, 1.165) is 41.2 Å². The van der Waals surface area contributed by atoms with Gasteiger partial charge in [-0.3, -0.25) is 9.59 Å². The van der Waals surface area contributed by atoms with Gasteiger partial charge in [0.15, 0.2) is 0 Å². The number of anilines is 1. The number of hydrogen-bond donors (Lipinski definition) is 2. The van der Waals surface area contributed by atoms with Crippen molar-refractivity contribution in [2.24, 2.45) is 0 Å². The minimum absolute atomic E-state index is 0.0718. The first kappa shape index (κ1) is 17.7. The summed E-state index contributed by atoms with van der Waals surface area (Å²) in [6.45, 7) is 2.00. The second-order valence-electron chi connectivity index (χ2n) is 6.55. The van der Waals surface area contributed by atoms with Crippen molar-refractivity contribution in [1.82, 2.24) is 9.88 Å². The molecule has 5 nitrogen and oxygen atoms in total. The Morgan fingerprint density at radius 2 is 1.89 bits per heavy atom. The summed E-state index contributed by atoms with van der Waals surface area (Å²) in [5.41, 5.74) is 2.91. The maximum atomic E-state index is 12.7. The predicted octanol–water partition coefficient (Wildman–Crippen LogP) is 3.33. The molecule has 0 radical (unpaired) electrons. The summed E-state index contributed by atoms with van der Waals surface area (Å²) in [5, 5.41) is 4.27. The number of nitrogens with zero attached hydrogens (tertiary/aromatic N) is 1. The summed E-state index contributed by atoms with van der Waals surface area (Å²) in [6.07, 6.45) is 0. The molecule has 1 aromatic heterocycles. The number of benzene rings is 2. The van der Waals surface area contributed by atoms with E-state index in [1.54, 1.807) is 0 Å². The molecular weight excluding hydrogens is 358 g/mol. The summed E-state index contributed by atoms with van der Waals surface area (Å²) in [6, 6.07) is 17.1. The predicted molar refractivity (Wildman–Crippen MR) is 112 cm³/mol. The Hall–Kier alpha value is -2.73. The molecule has 0 unspecified atom stereocenters. The van der Waals surface area contributed by atoms with E-state index in [2.05, 4.69) is 10.3 Å². The highest BCUT2D eigenvalue weighted by Crippen LogP contribution is 2.17. The van der Waals surface area contributed by atoms with Crippen molar-refractivity contribution in [1.29, 1.82) is 0 Å². The van der Waals surface area contributed by atoms with Crippen molar-refractivity contribution in [3.05, 3.63) is 76.1 Å². The fourth-order valence-corrected chi connectivity index (χ4v) is 4.14. The lowest BCUT2D eigenvalue weighted by atomic mass is 10.1. The molecule has 1 aliphatic rings. The molecule has 4 rings (SSSR count). The fraction of sp³-hybridized carbons (Fsp3) is 0.238. The van der Waals surface area contributed by atoms with Gasteiger partial charge < -0.3 is 15.2 Å². The van der Waals surface area contributed by atoms with Crippen LogP contribution in [-0.4, -0.2) is 40.4 Å². The molecule has 1 aliphatic heterocycles. The van der Waals surface area contributed by atoms with Crippen LogP contribution in [0.1, 0.15) is 15.9 Å². The van der Waals surface area contributed by atoms with Crippen LogP contribution in [0.25, 0.3) is 10.9 Å². The van der Waals surface area contributed by atoms with Gasteiger partial charge in [-0.15, -0.1) is 0 Å². The first-order chi connectivity index (χ1) is 13.2. The lowest BCUT2D eigenvalue weighted by molar-refractivity contribution is 0.0772. The van der Waals surface area contributed by atoms with E-state index in [-0.39, 0.29) is 11.5 Å². The first-order valence-corrected chi connectivity index (χ1v) is 10.2. The third-order valence-electron chi connectivity index (χ3n) is 4.72. The Labute approximate surface area is 161 Å². The summed E-state index contributed by atoms with van der Waals surface area (Å²) in [5.74, 6) is 2.06. The summed E-state index contributed by atoms with van der Waals surface area (Å²) < 4.78 is 0. The van der Waals surface area contributed by atoms with E-state index in [9.17, 15) is 9.59 Å². The number of H-pyrrole nitrogens is 1. The van der Waals surface area contributed by atoms with E-state index in [4.69, 9.17) is 0 Å². The first-order valence-electron chi connectivity index (χ1n) is 9.02. The van der Waals surface area contributed by atoms with E-state index < -0.39 is 0 Å². The second-order valence-corrected chi connectivity index (χ2v) is 7.77. The van der Waals surface area contributed by atoms with Crippen molar-refractivity contribution in [3.8, 4) is 0 Å². The Bertz CT molecular complexity index is 1030. The molecule has 0 aliphatic carbocycles. The van der Waals surface area contributed by atoms with Gasteiger partial charge in [-0.05, 0) is 35.7 Å². The zero-order chi connectivity index (χ0) is 18.6. The highest BCUT2D eigenvalue weighted by molar-refractivity contribution is 7.99. The van der Waals surface area contributed by atoms with E-state index in [1.807, 2.05) is 71.3 Å². The third-order valence-corrected chi connectivity index (χ3v) is 5.66. The molecule has 1 amide bonds. The Morgan fingerprint density at radius 3 is 2.74 bits per heavy atom. The number of hydrogen-bond acceptors (Lipinski definition) is 4. The summed E-state index contributed by atoms with van der Waals surface area (Å²) >= 11 is 1.88. The lowest BCUT2D eigenvalue weighted by Crippen LogP contribution is -2.37. The van der Waals surface area contributed by atoms with Crippen LogP contribution in [0, 0.1) is 0 Å². The normalized spacial score (nSPS) is 14.3. The second kappa shape index (κ2) is 7.88. The molecule has 138 valence electrons. The van der Waals surface area contributed by atoms with Crippen LogP contribution < -0.4 is 10.9 Å². The average Bonchev–Trinajstić information content (AvgIpc) is 2.72.